The van der Waals surface area contributed by atoms with Crippen molar-refractivity contribution in [1.82, 2.24) is 0 Å². The van der Waals surface area contributed by atoms with Crippen LogP contribution in [0.25, 0.3) is 0 Å². The second-order valence-electron chi connectivity index (χ2n) is 3.14. The molecule has 1 aromatic rings. The Bertz CT molecular complexity index is 532. The van der Waals surface area contributed by atoms with Gasteiger partial charge in [0.1, 0.15) is 11.8 Å². The van der Waals surface area contributed by atoms with Crippen molar-refractivity contribution in [3.8, 4) is 17.6 Å². The molecule has 0 aromatic heterocycles. The number of anilines is 1. The smallest absolute Gasteiger partial charge is 0.231 e. The van der Waals surface area contributed by atoms with E-state index in [0.29, 0.717) is 17.2 Å². The largest absolute Gasteiger partial charge is 0.454 e. The van der Waals surface area contributed by atoms with Crippen LogP contribution in [0.5, 0.6) is 11.5 Å². The summed E-state index contributed by atoms with van der Waals surface area (Å²) in [6.45, 7) is 0.148. The number of ether oxygens (including phenoxy) is 2. The Morgan fingerprint density at radius 1 is 1.53 bits per heavy atom. The molecule has 0 spiro atoms. The van der Waals surface area contributed by atoms with E-state index in [1.54, 1.807) is 24.3 Å². The molecule has 1 aromatic carbocycles. The van der Waals surface area contributed by atoms with Gasteiger partial charge in [0, 0.05) is 0 Å². The highest BCUT2D eigenvalue weighted by molar-refractivity contribution is 6.45. The molecule has 0 atom stereocenters. The lowest BCUT2D eigenvalue weighted by Crippen LogP contribution is -2.21. The molecule has 0 bridgehead atoms. The van der Waals surface area contributed by atoms with Crippen LogP contribution in [0.1, 0.15) is 0 Å². The fraction of sp³-hybridized carbons (Fsp3) is 0.100. The summed E-state index contributed by atoms with van der Waals surface area (Å²) >= 11 is 0. The van der Waals surface area contributed by atoms with Crippen LogP contribution in [0, 0.1) is 16.7 Å². The molecule has 7 nitrogen and oxygen atoms in total. The molecule has 7 heteroatoms. The van der Waals surface area contributed by atoms with Gasteiger partial charge in [0.2, 0.25) is 12.5 Å². The highest BCUT2D eigenvalue weighted by Gasteiger charge is 2.17. The van der Waals surface area contributed by atoms with Crippen LogP contribution < -0.4 is 20.6 Å². The average Bonchev–Trinajstić information content (AvgIpc) is 2.78. The lowest BCUT2D eigenvalue weighted by molar-refractivity contribution is 0.174. The fourth-order valence-electron chi connectivity index (χ4n) is 1.28. The maximum Gasteiger partial charge on any atom is 0.231 e. The molecule has 0 unspecified atom stereocenters. The lowest BCUT2D eigenvalue weighted by atomic mass is 10.3. The Hall–Kier alpha value is -2.75. The summed E-state index contributed by atoms with van der Waals surface area (Å²) in [5, 5.41) is 19.5. The van der Waals surface area contributed by atoms with Gasteiger partial charge in [-0.25, -0.2) is 0 Å². The molecule has 1 heterocycles. The van der Waals surface area contributed by atoms with Crippen LogP contribution >= 0.6 is 0 Å². The molecule has 2 rings (SSSR count). The highest BCUT2D eigenvalue weighted by atomic mass is 16.7. The molecule has 1 aliphatic rings. The van der Waals surface area contributed by atoms with Gasteiger partial charge in [-0.05, 0) is 12.1 Å². The maximum atomic E-state index is 8.67. The van der Waals surface area contributed by atoms with E-state index < -0.39 is 5.84 Å². The van der Waals surface area contributed by atoms with Crippen LogP contribution in [-0.4, -0.2) is 18.3 Å². The molecule has 0 radical (unpaired) electrons. The lowest BCUT2D eigenvalue weighted by Gasteiger charge is -2.04. The summed E-state index contributed by atoms with van der Waals surface area (Å²) in [6, 6.07) is 6.93. The Morgan fingerprint density at radius 3 is 3.06 bits per heavy atom. The number of fused-ring (bicyclic) bond motifs is 1. The minimum absolute atomic E-state index is 0.148. The third-order valence-electron chi connectivity index (χ3n) is 2.05. The summed E-state index contributed by atoms with van der Waals surface area (Å²) in [5.74, 6) is 0.730. The average molecular weight is 231 g/mol. The van der Waals surface area contributed by atoms with Gasteiger partial charge in [-0.15, -0.1) is 0 Å². The molecular formula is C10H9N5O2. The summed E-state index contributed by atoms with van der Waals surface area (Å²) in [7, 11) is 0. The molecule has 0 saturated heterocycles. The normalized spacial score (nSPS) is 13.0. The summed E-state index contributed by atoms with van der Waals surface area (Å²) in [5.41, 5.74) is 8.13. The SMILES string of the molecule is N#C/C(=N\Nc1cccc2c1OCO2)C(=N)N. The van der Waals surface area contributed by atoms with Crippen LogP contribution in [0.4, 0.5) is 5.69 Å². The molecule has 1 aliphatic heterocycles. The molecule has 0 saturated carbocycles. The summed E-state index contributed by atoms with van der Waals surface area (Å²) < 4.78 is 10.4. The van der Waals surface area contributed by atoms with Gasteiger partial charge < -0.3 is 15.2 Å². The number of amidine groups is 1. The predicted octanol–water partition coefficient (Wildman–Crippen LogP) is 0.643. The predicted molar refractivity (Wildman–Crippen MR) is 61.1 cm³/mol. The van der Waals surface area contributed by atoms with Crippen molar-refractivity contribution in [3.05, 3.63) is 18.2 Å². The second kappa shape index (κ2) is 4.40. The van der Waals surface area contributed by atoms with Crippen molar-refractivity contribution in [2.75, 3.05) is 12.2 Å². The minimum Gasteiger partial charge on any atom is -0.454 e. The summed E-state index contributed by atoms with van der Waals surface area (Å²) in [4.78, 5) is 0. The van der Waals surface area contributed by atoms with Crippen molar-refractivity contribution < 1.29 is 9.47 Å². The van der Waals surface area contributed by atoms with Gasteiger partial charge in [-0.2, -0.15) is 10.4 Å². The number of benzene rings is 1. The van der Waals surface area contributed by atoms with Gasteiger partial charge in [0.15, 0.2) is 17.3 Å². The zero-order valence-electron chi connectivity index (χ0n) is 8.73. The van der Waals surface area contributed by atoms with Crippen molar-refractivity contribution >= 4 is 17.2 Å². The Morgan fingerprint density at radius 2 is 2.35 bits per heavy atom. The Labute approximate surface area is 96.9 Å². The first kappa shape index (κ1) is 10.8. The number of nitrogens with two attached hydrogens (primary N) is 1. The quantitative estimate of drug-likeness (QED) is 0.401. The monoisotopic (exact) mass is 231 g/mol. The van der Waals surface area contributed by atoms with Crippen LogP contribution in [0.3, 0.4) is 0 Å². The molecular weight excluding hydrogens is 222 g/mol. The number of nitrogens with zero attached hydrogens (tertiary/aromatic N) is 2. The topological polar surface area (TPSA) is 117 Å². The first-order chi connectivity index (χ1) is 8.22. The van der Waals surface area contributed by atoms with Gasteiger partial charge >= 0.3 is 0 Å². The number of hydrazone groups is 1. The van der Waals surface area contributed by atoms with Gasteiger partial charge in [-0.1, -0.05) is 6.07 Å². The molecule has 0 aliphatic carbocycles. The Kier molecular flexibility index (Phi) is 2.79. The van der Waals surface area contributed by atoms with Crippen molar-refractivity contribution in [1.29, 1.82) is 10.7 Å². The van der Waals surface area contributed by atoms with Crippen molar-refractivity contribution in [3.63, 3.8) is 0 Å². The van der Waals surface area contributed by atoms with E-state index in [-0.39, 0.29) is 12.5 Å². The fourth-order valence-corrected chi connectivity index (χ4v) is 1.28. The first-order valence-electron chi connectivity index (χ1n) is 4.69. The number of nitrogens with one attached hydrogen (secondary N) is 2. The van der Waals surface area contributed by atoms with E-state index >= 15 is 0 Å². The number of hydrogen-bond donors (Lipinski definition) is 3. The van der Waals surface area contributed by atoms with E-state index in [1.165, 1.54) is 0 Å². The third-order valence-corrected chi connectivity index (χ3v) is 2.05. The molecule has 0 fully saturated rings. The van der Waals surface area contributed by atoms with E-state index in [0.717, 1.165) is 0 Å². The number of hydrogen-bond acceptors (Lipinski definition) is 6. The number of nitriles is 1. The van der Waals surface area contributed by atoms with Gasteiger partial charge in [0.05, 0.1) is 0 Å². The standard InChI is InChI=1S/C10H9N5O2/c11-4-7(10(12)13)15-14-6-2-1-3-8-9(6)17-5-16-8/h1-3,14H,5H2,(H3,12,13)/b15-7+. The summed E-state index contributed by atoms with van der Waals surface area (Å²) in [6.07, 6.45) is 0. The van der Waals surface area contributed by atoms with Gasteiger partial charge in [-0.3, -0.25) is 10.8 Å². The first-order valence-corrected chi connectivity index (χ1v) is 4.69. The molecule has 86 valence electrons. The van der Waals surface area contributed by atoms with Crippen molar-refractivity contribution in [2.45, 2.75) is 0 Å². The minimum atomic E-state index is -0.398. The van der Waals surface area contributed by atoms with E-state index in [1.807, 2.05) is 0 Å². The van der Waals surface area contributed by atoms with Crippen LogP contribution in [0.15, 0.2) is 23.3 Å². The zero-order chi connectivity index (χ0) is 12.3. The van der Waals surface area contributed by atoms with E-state index in [2.05, 4.69) is 10.5 Å². The Balaban J connectivity index is 2.24. The van der Waals surface area contributed by atoms with Crippen molar-refractivity contribution in [2.24, 2.45) is 10.8 Å². The zero-order valence-corrected chi connectivity index (χ0v) is 8.73. The maximum absolute atomic E-state index is 8.67. The second-order valence-corrected chi connectivity index (χ2v) is 3.14. The van der Waals surface area contributed by atoms with Gasteiger partial charge in [0.25, 0.3) is 0 Å². The van der Waals surface area contributed by atoms with Crippen LogP contribution in [0.2, 0.25) is 0 Å². The van der Waals surface area contributed by atoms with E-state index in [4.69, 9.17) is 25.9 Å². The number of para-hydroxylation sites is 1. The number of rotatable bonds is 3. The molecule has 17 heavy (non-hydrogen) atoms. The third kappa shape index (κ3) is 2.10. The molecule has 0 amide bonds. The molecule has 4 N–H and O–H groups in total. The van der Waals surface area contributed by atoms with E-state index in [9.17, 15) is 0 Å². The van der Waals surface area contributed by atoms with Crippen LogP contribution in [-0.2, 0) is 0 Å². The highest BCUT2D eigenvalue weighted by Crippen LogP contribution is 2.38.